The average Bonchev–Trinajstić information content (AvgIpc) is 2.67. The molecule has 0 aliphatic heterocycles. The molecule has 2 aromatic rings. The molecular formula is C20H25NO3. The molecule has 4 nitrogen and oxygen atoms in total. The van der Waals surface area contributed by atoms with Gasteiger partial charge in [0.05, 0.1) is 27.0 Å². The average molecular weight is 327 g/mol. The van der Waals surface area contributed by atoms with Crippen molar-refractivity contribution < 1.29 is 14.2 Å². The van der Waals surface area contributed by atoms with Gasteiger partial charge in [0.25, 0.3) is 0 Å². The van der Waals surface area contributed by atoms with Crippen LogP contribution < -0.4 is 14.2 Å². The Hall–Kier alpha value is -2.23. The quantitative estimate of drug-likeness (QED) is 0.786. The van der Waals surface area contributed by atoms with Gasteiger partial charge >= 0.3 is 0 Å². The monoisotopic (exact) mass is 327 g/mol. The van der Waals surface area contributed by atoms with Crippen molar-refractivity contribution in [1.82, 2.24) is 4.98 Å². The number of hydrogen-bond acceptors (Lipinski definition) is 4. The number of para-hydroxylation sites is 1. The molecule has 0 N–H and O–H groups in total. The van der Waals surface area contributed by atoms with E-state index in [-0.39, 0.29) is 0 Å². The molecule has 1 heterocycles. The molecule has 4 heteroatoms. The lowest BCUT2D eigenvalue weighted by atomic mass is 9.75. The number of aromatic nitrogens is 1. The molecule has 2 unspecified atom stereocenters. The van der Waals surface area contributed by atoms with Crippen molar-refractivity contribution in [2.75, 3.05) is 20.8 Å². The highest BCUT2D eigenvalue weighted by Gasteiger charge is 2.29. The van der Waals surface area contributed by atoms with Crippen LogP contribution in [0.15, 0.2) is 42.6 Å². The third-order valence-corrected chi connectivity index (χ3v) is 4.83. The maximum absolute atomic E-state index is 6.01. The normalized spacial score (nSPS) is 20.4. The Morgan fingerprint density at radius 3 is 2.58 bits per heavy atom. The zero-order valence-electron chi connectivity index (χ0n) is 14.4. The highest BCUT2D eigenvalue weighted by molar-refractivity contribution is 5.37. The van der Waals surface area contributed by atoms with Gasteiger partial charge in [0.2, 0.25) is 5.88 Å². The first kappa shape index (κ1) is 16.6. The lowest BCUT2D eigenvalue weighted by Gasteiger charge is -2.32. The van der Waals surface area contributed by atoms with E-state index in [2.05, 4.69) is 23.2 Å². The molecule has 1 aromatic heterocycles. The highest BCUT2D eigenvalue weighted by Crippen LogP contribution is 2.41. The van der Waals surface area contributed by atoms with Crippen molar-refractivity contribution in [1.29, 1.82) is 0 Å². The van der Waals surface area contributed by atoms with E-state index in [0.717, 1.165) is 11.5 Å². The van der Waals surface area contributed by atoms with Crippen LogP contribution in [-0.2, 0) is 0 Å². The molecule has 24 heavy (non-hydrogen) atoms. The molecule has 0 saturated heterocycles. The van der Waals surface area contributed by atoms with E-state index >= 15 is 0 Å². The third-order valence-electron chi connectivity index (χ3n) is 4.83. The second-order valence-electron chi connectivity index (χ2n) is 6.24. The van der Waals surface area contributed by atoms with E-state index in [4.69, 9.17) is 14.2 Å². The molecule has 0 radical (unpaired) electrons. The molecule has 0 bridgehead atoms. The molecule has 3 rings (SSSR count). The smallest absolute Gasteiger partial charge is 0.213 e. The maximum Gasteiger partial charge on any atom is 0.213 e. The summed E-state index contributed by atoms with van der Waals surface area (Å²) in [5, 5.41) is 0. The zero-order chi connectivity index (χ0) is 16.8. The molecule has 1 aliphatic carbocycles. The number of ether oxygens (including phenoxy) is 3. The number of rotatable bonds is 6. The highest BCUT2D eigenvalue weighted by atomic mass is 16.5. The first-order valence-corrected chi connectivity index (χ1v) is 8.57. The first-order chi connectivity index (χ1) is 11.8. The maximum atomic E-state index is 6.01. The van der Waals surface area contributed by atoms with Gasteiger partial charge < -0.3 is 14.2 Å². The number of methoxy groups -OCH3 is 2. The van der Waals surface area contributed by atoms with Gasteiger partial charge in [-0.3, -0.25) is 0 Å². The topological polar surface area (TPSA) is 40.6 Å². The third kappa shape index (κ3) is 3.81. The van der Waals surface area contributed by atoms with Crippen LogP contribution in [0.25, 0.3) is 0 Å². The van der Waals surface area contributed by atoms with E-state index < -0.39 is 0 Å². The zero-order valence-corrected chi connectivity index (χ0v) is 14.4. The Kier molecular flexibility index (Phi) is 5.57. The Morgan fingerprint density at radius 2 is 1.83 bits per heavy atom. The fraction of sp³-hybridized carbons (Fsp3) is 0.450. The second kappa shape index (κ2) is 8.04. The van der Waals surface area contributed by atoms with Gasteiger partial charge in [-0.1, -0.05) is 31.0 Å². The Balaban J connectivity index is 1.70. The first-order valence-electron chi connectivity index (χ1n) is 8.57. The Morgan fingerprint density at radius 1 is 1.00 bits per heavy atom. The van der Waals surface area contributed by atoms with Crippen LogP contribution in [0.2, 0.25) is 0 Å². The standard InChI is InChI=1S/C20H25NO3/c1-22-19-10-6-5-9-18(19)17-8-4-3-7-15(17)14-24-16-11-12-20(23-2)21-13-16/h5-6,9-13,15,17H,3-4,7-8,14H2,1-2H3. The summed E-state index contributed by atoms with van der Waals surface area (Å²) in [6.07, 6.45) is 6.63. The predicted molar refractivity (Wildman–Crippen MR) is 94.0 cm³/mol. The molecule has 2 atom stereocenters. The summed E-state index contributed by atoms with van der Waals surface area (Å²) in [6.45, 7) is 0.705. The summed E-state index contributed by atoms with van der Waals surface area (Å²) in [5.41, 5.74) is 1.31. The lowest BCUT2D eigenvalue weighted by Crippen LogP contribution is -2.24. The Bertz CT molecular complexity index is 642. The van der Waals surface area contributed by atoms with Crippen molar-refractivity contribution >= 4 is 0 Å². The molecule has 1 fully saturated rings. The fourth-order valence-electron chi connectivity index (χ4n) is 3.57. The van der Waals surface area contributed by atoms with E-state index in [9.17, 15) is 0 Å². The van der Waals surface area contributed by atoms with E-state index in [1.165, 1.54) is 31.2 Å². The van der Waals surface area contributed by atoms with Gasteiger partial charge in [0.15, 0.2) is 0 Å². The number of benzene rings is 1. The second-order valence-corrected chi connectivity index (χ2v) is 6.24. The largest absolute Gasteiger partial charge is 0.496 e. The summed E-state index contributed by atoms with van der Waals surface area (Å²) >= 11 is 0. The van der Waals surface area contributed by atoms with Crippen LogP contribution in [0.4, 0.5) is 0 Å². The molecule has 1 aliphatic rings. The van der Waals surface area contributed by atoms with Gasteiger partial charge in [-0.25, -0.2) is 4.98 Å². The van der Waals surface area contributed by atoms with E-state index in [0.29, 0.717) is 24.3 Å². The molecule has 0 amide bonds. The summed E-state index contributed by atoms with van der Waals surface area (Å²) in [6, 6.07) is 12.1. The summed E-state index contributed by atoms with van der Waals surface area (Å²) < 4.78 is 16.7. The molecule has 0 spiro atoms. The van der Waals surface area contributed by atoms with Crippen LogP contribution in [0.1, 0.15) is 37.2 Å². The van der Waals surface area contributed by atoms with Gasteiger partial charge in [0.1, 0.15) is 11.5 Å². The summed E-state index contributed by atoms with van der Waals surface area (Å²) in [5.74, 6) is 3.37. The van der Waals surface area contributed by atoms with Crippen LogP contribution in [0.3, 0.4) is 0 Å². The molecular weight excluding hydrogens is 302 g/mol. The lowest BCUT2D eigenvalue weighted by molar-refractivity contribution is 0.184. The van der Waals surface area contributed by atoms with Crippen LogP contribution in [0, 0.1) is 5.92 Å². The van der Waals surface area contributed by atoms with E-state index in [1.807, 2.05) is 18.2 Å². The fourth-order valence-corrected chi connectivity index (χ4v) is 3.57. The Labute approximate surface area is 143 Å². The minimum atomic E-state index is 0.487. The van der Waals surface area contributed by atoms with Crippen LogP contribution in [-0.4, -0.2) is 25.8 Å². The van der Waals surface area contributed by atoms with Gasteiger partial charge in [-0.2, -0.15) is 0 Å². The predicted octanol–water partition coefficient (Wildman–Crippen LogP) is 4.45. The molecule has 128 valence electrons. The SMILES string of the molecule is COc1ccc(OCC2CCCCC2c2ccccc2OC)cn1. The molecule has 1 saturated carbocycles. The van der Waals surface area contributed by atoms with Crippen molar-refractivity contribution in [3.8, 4) is 17.4 Å². The minimum absolute atomic E-state index is 0.487. The number of nitrogens with zero attached hydrogens (tertiary/aromatic N) is 1. The van der Waals surface area contributed by atoms with Crippen molar-refractivity contribution in [2.24, 2.45) is 5.92 Å². The van der Waals surface area contributed by atoms with Gasteiger partial charge in [-0.15, -0.1) is 0 Å². The number of hydrogen-bond donors (Lipinski definition) is 0. The van der Waals surface area contributed by atoms with E-state index in [1.54, 1.807) is 20.4 Å². The van der Waals surface area contributed by atoms with Crippen molar-refractivity contribution in [2.45, 2.75) is 31.6 Å². The van der Waals surface area contributed by atoms with Crippen LogP contribution >= 0.6 is 0 Å². The van der Waals surface area contributed by atoms with Crippen molar-refractivity contribution in [3.63, 3.8) is 0 Å². The van der Waals surface area contributed by atoms with Gasteiger partial charge in [-0.05, 0) is 42.4 Å². The molecule has 1 aromatic carbocycles. The summed E-state index contributed by atoms with van der Waals surface area (Å²) in [7, 11) is 3.36. The van der Waals surface area contributed by atoms with Gasteiger partial charge in [0, 0.05) is 6.07 Å². The number of pyridine rings is 1. The minimum Gasteiger partial charge on any atom is -0.496 e. The van der Waals surface area contributed by atoms with Crippen LogP contribution in [0.5, 0.6) is 17.4 Å². The summed E-state index contributed by atoms with van der Waals surface area (Å²) in [4.78, 5) is 4.20. The van der Waals surface area contributed by atoms with Crippen molar-refractivity contribution in [3.05, 3.63) is 48.2 Å².